The Bertz CT molecular complexity index is 1810. The van der Waals surface area contributed by atoms with Gasteiger partial charge in [-0.2, -0.15) is 0 Å². The molecule has 0 saturated carbocycles. The van der Waals surface area contributed by atoms with Crippen LogP contribution in [0.1, 0.15) is 330 Å². The molecule has 2 N–H and O–H groups in total. The van der Waals surface area contributed by atoms with E-state index >= 15 is 0 Å². The van der Waals surface area contributed by atoms with Crippen LogP contribution in [0.15, 0.2) is 24.3 Å². The van der Waals surface area contributed by atoms with Gasteiger partial charge in [-0.25, -0.2) is 9.97 Å². The molecular formula is C68H110N4. The summed E-state index contributed by atoms with van der Waals surface area (Å²) in [6.45, 7) is 9.27. The Balaban J connectivity index is 1.46. The quantitative estimate of drug-likeness (QED) is 0.0382. The lowest BCUT2D eigenvalue weighted by Gasteiger charge is -2.07. The van der Waals surface area contributed by atoms with Crippen LogP contribution in [0.2, 0.25) is 0 Å². The normalized spacial score (nSPS) is 12.3. The van der Waals surface area contributed by atoms with Crippen molar-refractivity contribution in [1.82, 2.24) is 19.9 Å². The second-order valence-electron chi connectivity index (χ2n) is 22.6. The smallest absolute Gasteiger partial charge is 0.0690 e. The van der Waals surface area contributed by atoms with E-state index in [9.17, 15) is 0 Å². The topological polar surface area (TPSA) is 57.4 Å². The number of fused-ring (bicyclic) bond motifs is 8. The zero-order valence-corrected chi connectivity index (χ0v) is 47.6. The van der Waals surface area contributed by atoms with Crippen LogP contribution in [0.4, 0.5) is 0 Å². The highest BCUT2D eigenvalue weighted by molar-refractivity contribution is 5.83. The molecule has 3 aromatic rings. The van der Waals surface area contributed by atoms with E-state index in [0.717, 1.165) is 48.5 Å². The molecule has 4 heteroatoms. The van der Waals surface area contributed by atoms with Gasteiger partial charge in [0, 0.05) is 44.3 Å². The summed E-state index contributed by atoms with van der Waals surface area (Å²) in [5, 5.41) is 0. The molecule has 0 aliphatic carbocycles. The third-order valence-corrected chi connectivity index (χ3v) is 16.3. The van der Waals surface area contributed by atoms with E-state index in [1.54, 1.807) is 0 Å². The number of nitrogens with one attached hydrogen (secondary N) is 2. The molecule has 0 saturated heterocycles. The van der Waals surface area contributed by atoms with Crippen molar-refractivity contribution in [3.63, 3.8) is 0 Å². The van der Waals surface area contributed by atoms with Gasteiger partial charge in [0.05, 0.1) is 22.8 Å². The first-order valence-electron chi connectivity index (χ1n) is 31.8. The summed E-state index contributed by atoms with van der Waals surface area (Å²) in [5.41, 5.74) is 15.1. The molecule has 0 spiro atoms. The van der Waals surface area contributed by atoms with E-state index in [-0.39, 0.29) is 0 Å². The monoisotopic (exact) mass is 983 g/mol. The minimum atomic E-state index is 1.05. The zero-order chi connectivity index (χ0) is 50.5. The lowest BCUT2D eigenvalue weighted by Crippen LogP contribution is -1.96. The SMILES string of the molecule is CCCCCCCCCCCCc1c2nc(c(CCCCCCCCCCCC)c3ccc([nH]3)c(CCCCCCCCCCCC)c3nc(c(CCCCCCCCCCCC)c4ccc1[nH]4)C=C3)C=C2. The Kier molecular flexibility index (Phi) is 31.6. The number of rotatable bonds is 44. The van der Waals surface area contributed by atoms with E-state index in [1.165, 1.54) is 301 Å². The molecule has 0 fully saturated rings. The molecule has 402 valence electrons. The lowest BCUT2D eigenvalue weighted by atomic mass is 10.0. The molecule has 5 rings (SSSR count). The highest BCUT2D eigenvalue weighted by Gasteiger charge is 2.17. The number of nitrogens with zero attached hydrogens (tertiary/aromatic N) is 2. The van der Waals surface area contributed by atoms with Gasteiger partial charge in [-0.05, 0) is 99.9 Å². The summed E-state index contributed by atoms with van der Waals surface area (Å²) in [7, 11) is 0. The fourth-order valence-electron chi connectivity index (χ4n) is 11.7. The lowest BCUT2D eigenvalue weighted by molar-refractivity contribution is 0.556. The second kappa shape index (κ2) is 38.2. The van der Waals surface area contributed by atoms with Gasteiger partial charge in [0.1, 0.15) is 0 Å². The molecule has 0 unspecified atom stereocenters. The summed E-state index contributed by atoms with van der Waals surface area (Å²) in [6.07, 6.45) is 67.7. The molecule has 0 radical (unpaired) electrons. The van der Waals surface area contributed by atoms with Gasteiger partial charge >= 0.3 is 0 Å². The molecule has 0 aromatic carbocycles. The zero-order valence-electron chi connectivity index (χ0n) is 47.6. The van der Waals surface area contributed by atoms with Crippen LogP contribution in [-0.4, -0.2) is 19.9 Å². The third-order valence-electron chi connectivity index (χ3n) is 16.3. The number of aromatic amines is 2. The fourth-order valence-corrected chi connectivity index (χ4v) is 11.7. The summed E-state index contributed by atoms with van der Waals surface area (Å²) in [6, 6.07) is 9.52. The van der Waals surface area contributed by atoms with E-state index in [4.69, 9.17) is 9.97 Å². The molecule has 0 atom stereocenters. The first-order chi connectivity index (χ1) is 35.7. The molecule has 2 aliphatic rings. The van der Waals surface area contributed by atoms with Gasteiger partial charge in [0.15, 0.2) is 0 Å². The van der Waals surface area contributed by atoms with E-state index < -0.39 is 0 Å². The molecule has 0 amide bonds. The number of unbranched alkanes of at least 4 members (excludes halogenated alkanes) is 36. The Morgan fingerprint density at radius 2 is 0.403 bits per heavy atom. The predicted molar refractivity (Wildman–Crippen MR) is 321 cm³/mol. The molecule has 72 heavy (non-hydrogen) atoms. The van der Waals surface area contributed by atoms with Crippen LogP contribution in [0.25, 0.3) is 46.4 Å². The summed E-state index contributed by atoms with van der Waals surface area (Å²) in [5.74, 6) is 0. The summed E-state index contributed by atoms with van der Waals surface area (Å²) < 4.78 is 0. The fraction of sp³-hybridized carbons (Fsp3) is 0.706. The van der Waals surface area contributed by atoms with Gasteiger partial charge in [0.2, 0.25) is 0 Å². The van der Waals surface area contributed by atoms with Gasteiger partial charge in [-0.3, -0.25) is 0 Å². The summed E-state index contributed by atoms with van der Waals surface area (Å²) in [4.78, 5) is 19.4. The van der Waals surface area contributed by atoms with Crippen molar-refractivity contribution >= 4 is 46.4 Å². The van der Waals surface area contributed by atoms with Crippen LogP contribution in [0, 0.1) is 0 Å². The Morgan fingerprint density at radius 1 is 0.236 bits per heavy atom. The number of H-pyrrole nitrogens is 2. The maximum atomic E-state index is 5.62. The third kappa shape index (κ3) is 22.6. The standard InChI is InChI=1S/C68H110N4/c1-5-9-13-17-21-25-29-33-37-41-45-57-61-49-51-63(69-61)58(46-42-38-34-30-26-22-18-14-10-6-2)65-53-55-67(71-65)60(48-44-40-36-32-28-24-20-16-12-8-4)68-56-54-66(72-68)59(64-52-50-62(57)70-64)47-43-39-35-31-27-23-19-15-11-7-3/h49-56,69,72H,5-48H2,1-4H3. The van der Waals surface area contributed by atoms with Crippen LogP contribution in [-0.2, 0) is 25.7 Å². The molecule has 8 bridgehead atoms. The predicted octanol–water partition coefficient (Wildman–Crippen LogP) is 22.5. The molecule has 3 aromatic heterocycles. The Labute approximate surface area is 443 Å². The van der Waals surface area contributed by atoms with Crippen molar-refractivity contribution in [2.75, 3.05) is 0 Å². The van der Waals surface area contributed by atoms with Crippen LogP contribution in [0.3, 0.4) is 0 Å². The van der Waals surface area contributed by atoms with Gasteiger partial charge in [0.25, 0.3) is 0 Å². The maximum absolute atomic E-state index is 5.62. The van der Waals surface area contributed by atoms with Crippen molar-refractivity contribution in [3.8, 4) is 0 Å². The average Bonchev–Trinajstić information content (AvgIpc) is 4.26. The number of aromatic nitrogens is 4. The molecule has 4 nitrogen and oxygen atoms in total. The van der Waals surface area contributed by atoms with Crippen molar-refractivity contribution in [1.29, 1.82) is 0 Å². The Morgan fingerprint density at radius 3 is 0.583 bits per heavy atom. The number of hydrogen-bond donors (Lipinski definition) is 2. The van der Waals surface area contributed by atoms with Crippen molar-refractivity contribution in [3.05, 3.63) is 69.3 Å². The first kappa shape index (κ1) is 59.5. The number of hydrogen-bond acceptors (Lipinski definition) is 2. The van der Waals surface area contributed by atoms with Crippen LogP contribution >= 0.6 is 0 Å². The molecular weight excluding hydrogens is 873 g/mol. The summed E-state index contributed by atoms with van der Waals surface area (Å²) >= 11 is 0. The molecule has 5 heterocycles. The van der Waals surface area contributed by atoms with E-state index in [0.29, 0.717) is 0 Å². The van der Waals surface area contributed by atoms with Crippen LogP contribution < -0.4 is 0 Å². The maximum Gasteiger partial charge on any atom is 0.0690 e. The van der Waals surface area contributed by atoms with Gasteiger partial charge < -0.3 is 9.97 Å². The highest BCUT2D eigenvalue weighted by atomic mass is 14.8. The second-order valence-corrected chi connectivity index (χ2v) is 22.6. The number of aryl methyl sites for hydroxylation is 4. The minimum absolute atomic E-state index is 1.05. The van der Waals surface area contributed by atoms with E-state index in [1.807, 2.05) is 0 Å². The van der Waals surface area contributed by atoms with Gasteiger partial charge in [-0.15, -0.1) is 0 Å². The average molecular weight is 984 g/mol. The van der Waals surface area contributed by atoms with Crippen molar-refractivity contribution < 1.29 is 0 Å². The van der Waals surface area contributed by atoms with Crippen molar-refractivity contribution in [2.45, 2.75) is 310 Å². The van der Waals surface area contributed by atoms with Crippen molar-refractivity contribution in [2.24, 2.45) is 0 Å². The molecule has 2 aliphatic heterocycles. The van der Waals surface area contributed by atoms with Crippen LogP contribution in [0.5, 0.6) is 0 Å². The first-order valence-corrected chi connectivity index (χ1v) is 31.8. The van der Waals surface area contributed by atoms with Gasteiger partial charge in [-0.1, -0.05) is 259 Å². The highest BCUT2D eigenvalue weighted by Crippen LogP contribution is 2.31. The largest absolute Gasteiger partial charge is 0.355 e. The minimum Gasteiger partial charge on any atom is -0.355 e. The Hall–Kier alpha value is -3.40. The van der Waals surface area contributed by atoms with E-state index in [2.05, 4.69) is 86.2 Å².